The Bertz CT molecular complexity index is 1320. The molecule has 0 fully saturated rings. The lowest BCUT2D eigenvalue weighted by atomic mass is 9.94. The second kappa shape index (κ2) is 8.48. The summed E-state index contributed by atoms with van der Waals surface area (Å²) in [6, 6.07) is 16.8. The Labute approximate surface area is 190 Å². The van der Waals surface area contributed by atoms with Crippen molar-refractivity contribution in [2.45, 2.75) is 37.7 Å². The summed E-state index contributed by atoms with van der Waals surface area (Å²) in [6.07, 6.45) is 1.85. The van der Waals surface area contributed by atoms with Gasteiger partial charge in [0.1, 0.15) is 5.75 Å². The normalized spacial score (nSPS) is 17.3. The fraction of sp³-hybridized carbons (Fsp3) is 0.250. The van der Waals surface area contributed by atoms with Crippen LogP contribution in [0.5, 0.6) is 11.8 Å². The third kappa shape index (κ3) is 4.51. The van der Waals surface area contributed by atoms with Crippen molar-refractivity contribution in [3.63, 3.8) is 0 Å². The Morgan fingerprint density at radius 3 is 2.69 bits per heavy atom. The fourth-order valence-electron chi connectivity index (χ4n) is 3.69. The summed E-state index contributed by atoms with van der Waals surface area (Å²) in [5.41, 5.74) is 2.38. The zero-order valence-corrected chi connectivity index (χ0v) is 18.6. The van der Waals surface area contributed by atoms with Gasteiger partial charge >= 0.3 is 6.01 Å². The molecule has 2 N–H and O–H groups in total. The highest BCUT2D eigenvalue weighted by molar-refractivity contribution is 6.24. The minimum absolute atomic E-state index is 0.0910. The van der Waals surface area contributed by atoms with Crippen LogP contribution in [0, 0.1) is 11.3 Å². The van der Waals surface area contributed by atoms with Gasteiger partial charge in [0, 0.05) is 6.92 Å². The molecule has 0 saturated carbocycles. The lowest BCUT2D eigenvalue weighted by Gasteiger charge is -2.26. The minimum atomic E-state index is -0.491. The number of aromatic nitrogens is 2. The smallest absolute Gasteiger partial charge is 0.301 e. The number of nitrogens with one attached hydrogen (secondary N) is 2. The average molecular weight is 448 g/mol. The van der Waals surface area contributed by atoms with E-state index in [-0.39, 0.29) is 17.3 Å². The Hall–Kier alpha value is -3.63. The van der Waals surface area contributed by atoms with E-state index in [1.54, 1.807) is 12.1 Å². The second-order valence-corrected chi connectivity index (χ2v) is 8.64. The van der Waals surface area contributed by atoms with Gasteiger partial charge in [-0.3, -0.25) is 9.79 Å². The molecule has 3 aromatic rings. The predicted octanol–water partition coefficient (Wildman–Crippen LogP) is 3.21. The molecule has 162 valence electrons. The van der Waals surface area contributed by atoms with Crippen molar-refractivity contribution in [3.8, 4) is 17.8 Å². The molecule has 1 aromatic heterocycles. The summed E-state index contributed by atoms with van der Waals surface area (Å²) in [5, 5.41) is 12.4. The van der Waals surface area contributed by atoms with Crippen molar-refractivity contribution >= 4 is 23.6 Å². The molecular weight excluding hydrogens is 426 g/mol. The number of fused-ring (bicyclic) bond motifs is 1. The van der Waals surface area contributed by atoms with Crippen LogP contribution in [0.25, 0.3) is 6.08 Å². The van der Waals surface area contributed by atoms with Gasteiger partial charge in [-0.25, -0.2) is 0 Å². The van der Waals surface area contributed by atoms with Gasteiger partial charge in [0.15, 0.2) is 5.49 Å². The number of alkyl halides is 1. The summed E-state index contributed by atoms with van der Waals surface area (Å²) in [7, 11) is 0. The first-order chi connectivity index (χ1) is 15.2. The van der Waals surface area contributed by atoms with Gasteiger partial charge in [0.05, 0.1) is 33.9 Å². The third-order valence-corrected chi connectivity index (χ3v) is 5.58. The van der Waals surface area contributed by atoms with Gasteiger partial charge in [-0.2, -0.15) is 10.2 Å². The van der Waals surface area contributed by atoms with E-state index >= 15 is 0 Å². The molecule has 7 nitrogen and oxygen atoms in total. The van der Waals surface area contributed by atoms with Gasteiger partial charge < -0.3 is 15.0 Å². The van der Waals surface area contributed by atoms with Crippen molar-refractivity contribution in [2.75, 3.05) is 0 Å². The lowest BCUT2D eigenvalue weighted by molar-refractivity contribution is -0.120. The highest BCUT2D eigenvalue weighted by Gasteiger charge is 2.24. The van der Waals surface area contributed by atoms with Gasteiger partial charge in [-0.15, -0.1) is 11.6 Å². The van der Waals surface area contributed by atoms with E-state index in [4.69, 9.17) is 21.6 Å². The van der Waals surface area contributed by atoms with Crippen LogP contribution in [-0.4, -0.2) is 21.3 Å². The number of amides is 1. The zero-order chi connectivity index (χ0) is 22.9. The first kappa shape index (κ1) is 21.6. The number of nitriles is 1. The van der Waals surface area contributed by atoms with Crippen molar-refractivity contribution in [1.29, 1.82) is 5.26 Å². The Morgan fingerprint density at radius 2 is 2.00 bits per heavy atom. The first-order valence-electron chi connectivity index (χ1n) is 10.1. The van der Waals surface area contributed by atoms with E-state index < -0.39 is 5.54 Å². The highest BCUT2D eigenvalue weighted by atomic mass is 35.5. The average Bonchev–Trinajstić information content (AvgIpc) is 3.13. The lowest BCUT2D eigenvalue weighted by Crippen LogP contribution is -2.39. The number of hydrogen-bond acceptors (Lipinski definition) is 5. The van der Waals surface area contributed by atoms with Crippen molar-refractivity contribution in [1.82, 2.24) is 15.3 Å². The molecule has 0 aliphatic carbocycles. The van der Waals surface area contributed by atoms with Crippen LogP contribution < -0.4 is 20.9 Å². The number of carbonyl (C=O) groups is 1. The maximum Gasteiger partial charge on any atom is 0.301 e. The Kier molecular flexibility index (Phi) is 5.72. The van der Waals surface area contributed by atoms with E-state index in [2.05, 4.69) is 26.3 Å². The maximum atomic E-state index is 11.4. The number of ether oxygens (including phenoxy) is 1. The van der Waals surface area contributed by atoms with Crippen molar-refractivity contribution < 1.29 is 9.53 Å². The van der Waals surface area contributed by atoms with E-state index in [9.17, 15) is 4.79 Å². The highest BCUT2D eigenvalue weighted by Crippen LogP contribution is 2.28. The number of hydrogen-bond donors (Lipinski definition) is 2. The van der Waals surface area contributed by atoms with E-state index in [0.717, 1.165) is 11.1 Å². The number of rotatable bonds is 5. The Morgan fingerprint density at radius 1 is 1.25 bits per heavy atom. The second-order valence-electron chi connectivity index (χ2n) is 8.13. The SMILES string of the molecule is CC(=O)NC(C)(C)c1ccc(Oc2nc3c([nH]2)=CC(Cl)C(c2cccc(C#N)c2)N=3)cc1. The van der Waals surface area contributed by atoms with Gasteiger partial charge in [0.2, 0.25) is 5.91 Å². The molecule has 1 aliphatic heterocycles. The molecule has 0 saturated heterocycles. The molecule has 4 rings (SSSR count). The van der Waals surface area contributed by atoms with Crippen LogP contribution in [0.3, 0.4) is 0 Å². The molecule has 0 spiro atoms. The van der Waals surface area contributed by atoms with Gasteiger partial charge in [0.25, 0.3) is 0 Å². The molecule has 2 aromatic carbocycles. The summed E-state index contributed by atoms with van der Waals surface area (Å²) >= 11 is 6.56. The zero-order valence-electron chi connectivity index (χ0n) is 17.9. The van der Waals surface area contributed by atoms with Gasteiger partial charge in [-0.05, 0) is 55.3 Å². The molecule has 8 heteroatoms. The van der Waals surface area contributed by atoms with Crippen LogP contribution in [0.2, 0.25) is 0 Å². The van der Waals surface area contributed by atoms with E-state index in [1.807, 2.05) is 56.3 Å². The van der Waals surface area contributed by atoms with Crippen LogP contribution in [0.1, 0.15) is 43.5 Å². The number of imidazole rings is 1. The van der Waals surface area contributed by atoms with Crippen LogP contribution in [0.15, 0.2) is 53.5 Å². The number of nitrogens with zero attached hydrogens (tertiary/aromatic N) is 3. The molecule has 0 radical (unpaired) electrons. The summed E-state index contributed by atoms with van der Waals surface area (Å²) in [6.45, 7) is 5.37. The minimum Gasteiger partial charge on any atom is -0.426 e. The predicted molar refractivity (Wildman–Crippen MR) is 121 cm³/mol. The topological polar surface area (TPSA) is 103 Å². The number of carbonyl (C=O) groups excluding carboxylic acids is 1. The molecule has 2 unspecified atom stereocenters. The summed E-state index contributed by atoms with van der Waals surface area (Å²) < 4.78 is 5.87. The molecular formula is C24H22ClN5O2. The third-order valence-electron chi connectivity index (χ3n) is 5.22. The van der Waals surface area contributed by atoms with Crippen LogP contribution >= 0.6 is 11.6 Å². The molecule has 32 heavy (non-hydrogen) atoms. The van der Waals surface area contributed by atoms with Gasteiger partial charge in [-0.1, -0.05) is 24.3 Å². The molecule has 1 aliphatic rings. The molecule has 0 bridgehead atoms. The quantitative estimate of drug-likeness (QED) is 0.586. The number of benzene rings is 2. The number of aromatic amines is 1. The Balaban J connectivity index is 1.57. The summed E-state index contributed by atoms with van der Waals surface area (Å²) in [4.78, 5) is 23.6. The molecule has 1 amide bonds. The largest absolute Gasteiger partial charge is 0.426 e. The summed E-state index contributed by atoms with van der Waals surface area (Å²) in [5.74, 6) is 0.505. The van der Waals surface area contributed by atoms with Crippen molar-refractivity contribution in [2.24, 2.45) is 4.99 Å². The van der Waals surface area contributed by atoms with E-state index in [0.29, 0.717) is 28.2 Å². The fourth-order valence-corrected chi connectivity index (χ4v) is 4.01. The standard InChI is InChI=1S/C24H22ClN5O2/c1-14(31)30-24(2,3)17-7-9-18(10-8-17)32-23-27-20-12-19(25)21(28-22(20)29-23)16-6-4-5-15(11-16)13-26/h4-12,19,21H,1-3H3,(H,30,31)(H,27,28,29). The van der Waals surface area contributed by atoms with E-state index in [1.165, 1.54) is 6.92 Å². The molecule has 2 heterocycles. The van der Waals surface area contributed by atoms with Crippen LogP contribution in [-0.2, 0) is 10.3 Å². The number of H-pyrrole nitrogens is 1. The monoisotopic (exact) mass is 447 g/mol. The van der Waals surface area contributed by atoms with Crippen molar-refractivity contribution in [3.05, 3.63) is 76.1 Å². The number of halogens is 1. The molecule has 2 atom stereocenters. The maximum absolute atomic E-state index is 11.4. The first-order valence-corrected chi connectivity index (χ1v) is 10.6. The van der Waals surface area contributed by atoms with Crippen LogP contribution in [0.4, 0.5) is 0 Å².